The molecule has 2 aromatic carbocycles. The van der Waals surface area contributed by atoms with E-state index in [1.807, 2.05) is 74.4 Å². The van der Waals surface area contributed by atoms with Crippen LogP contribution in [0.2, 0.25) is 0 Å². The lowest BCUT2D eigenvalue weighted by Crippen LogP contribution is -2.33. The number of halogens is 1. The van der Waals surface area contributed by atoms with Gasteiger partial charge in [0.1, 0.15) is 5.58 Å². The van der Waals surface area contributed by atoms with E-state index < -0.39 is 23.5 Å². The van der Waals surface area contributed by atoms with Crippen molar-refractivity contribution in [3.8, 4) is 0 Å². The van der Waals surface area contributed by atoms with Crippen LogP contribution in [0.25, 0.3) is 11.0 Å². The predicted octanol–water partition coefficient (Wildman–Crippen LogP) is 4.79. The highest BCUT2D eigenvalue weighted by molar-refractivity contribution is 9.10. The molecule has 34 heavy (non-hydrogen) atoms. The first-order valence-electron chi connectivity index (χ1n) is 11.1. The van der Waals surface area contributed by atoms with Gasteiger partial charge in [-0.15, -0.1) is 0 Å². The number of ketones is 1. The number of anilines is 1. The summed E-state index contributed by atoms with van der Waals surface area (Å²) in [6, 6.07) is 14.1. The van der Waals surface area contributed by atoms with E-state index in [1.165, 1.54) is 0 Å². The summed E-state index contributed by atoms with van der Waals surface area (Å²) in [5.74, 6) is -1.46. The van der Waals surface area contributed by atoms with Crippen molar-refractivity contribution in [1.82, 2.24) is 9.80 Å². The molecular formula is C26H28BrN3O4. The SMILES string of the molecule is CN(C)CCCN1C(=O)C(O)=C(C(=O)c2cc3cc(Br)ccc3o2)C1c1ccc(N(C)C)cc1. The van der Waals surface area contributed by atoms with Gasteiger partial charge in [0.25, 0.3) is 5.91 Å². The van der Waals surface area contributed by atoms with Crippen LogP contribution in [0.1, 0.15) is 28.6 Å². The molecule has 0 aliphatic carbocycles. The molecule has 7 nitrogen and oxygen atoms in total. The topological polar surface area (TPSA) is 77.2 Å². The lowest BCUT2D eigenvalue weighted by atomic mass is 9.94. The van der Waals surface area contributed by atoms with E-state index in [4.69, 9.17) is 4.42 Å². The molecule has 1 N–H and O–H groups in total. The van der Waals surface area contributed by atoms with Gasteiger partial charge in [0, 0.05) is 36.2 Å². The van der Waals surface area contributed by atoms with Crippen LogP contribution in [0.5, 0.6) is 0 Å². The van der Waals surface area contributed by atoms with Crippen LogP contribution in [0.3, 0.4) is 0 Å². The van der Waals surface area contributed by atoms with Crippen molar-refractivity contribution in [3.63, 3.8) is 0 Å². The molecule has 8 heteroatoms. The van der Waals surface area contributed by atoms with Crippen LogP contribution in [-0.4, -0.2) is 67.9 Å². The number of amides is 1. The molecule has 1 amide bonds. The number of fused-ring (bicyclic) bond motifs is 1. The van der Waals surface area contributed by atoms with Gasteiger partial charge in [-0.1, -0.05) is 28.1 Å². The number of hydrogen-bond acceptors (Lipinski definition) is 6. The number of furan rings is 1. The Morgan fingerprint density at radius 3 is 2.44 bits per heavy atom. The second-order valence-corrected chi connectivity index (χ2v) is 9.84. The van der Waals surface area contributed by atoms with E-state index in [-0.39, 0.29) is 11.3 Å². The fourth-order valence-electron chi connectivity index (χ4n) is 4.23. The Balaban J connectivity index is 1.75. The first kappa shape index (κ1) is 24.0. The maximum Gasteiger partial charge on any atom is 0.290 e. The van der Waals surface area contributed by atoms with E-state index >= 15 is 0 Å². The molecule has 0 radical (unpaired) electrons. The predicted molar refractivity (Wildman–Crippen MR) is 136 cm³/mol. The number of nitrogens with zero attached hydrogens (tertiary/aromatic N) is 3. The molecule has 3 aromatic rings. The van der Waals surface area contributed by atoms with Crippen LogP contribution in [-0.2, 0) is 4.79 Å². The van der Waals surface area contributed by atoms with Crippen molar-refractivity contribution in [3.05, 3.63) is 75.7 Å². The van der Waals surface area contributed by atoms with Crippen LogP contribution in [0.15, 0.2) is 68.8 Å². The fourth-order valence-corrected chi connectivity index (χ4v) is 4.61. The Kier molecular flexibility index (Phi) is 6.81. The monoisotopic (exact) mass is 525 g/mol. The van der Waals surface area contributed by atoms with E-state index in [0.717, 1.165) is 27.7 Å². The second-order valence-electron chi connectivity index (χ2n) is 8.93. The standard InChI is InChI=1S/C26H28BrN3O4/c1-28(2)12-5-13-30-23(16-6-9-19(10-7-16)29(3)4)22(25(32)26(30)33)24(31)21-15-17-14-18(27)8-11-20(17)34-21/h6-11,14-15,23,32H,5,12-13H2,1-4H3. The number of rotatable bonds is 8. The number of aliphatic hydroxyl groups is 1. The van der Waals surface area contributed by atoms with E-state index in [1.54, 1.807) is 17.0 Å². The minimum absolute atomic E-state index is 0.0468. The summed E-state index contributed by atoms with van der Waals surface area (Å²) in [7, 11) is 7.83. The average molecular weight is 526 g/mol. The molecule has 2 heterocycles. The quantitative estimate of drug-likeness (QED) is 0.426. The third-order valence-corrected chi connectivity index (χ3v) is 6.47. The van der Waals surface area contributed by atoms with Crippen LogP contribution < -0.4 is 4.90 Å². The summed E-state index contributed by atoms with van der Waals surface area (Å²) >= 11 is 3.43. The highest BCUT2D eigenvalue weighted by atomic mass is 79.9. The highest BCUT2D eigenvalue weighted by Crippen LogP contribution is 2.40. The molecule has 1 unspecified atom stereocenters. The van der Waals surface area contributed by atoms with Gasteiger partial charge < -0.3 is 24.2 Å². The Morgan fingerprint density at radius 1 is 1.09 bits per heavy atom. The maximum atomic E-state index is 13.6. The summed E-state index contributed by atoms with van der Waals surface area (Å²) in [6.07, 6.45) is 0.707. The summed E-state index contributed by atoms with van der Waals surface area (Å²) in [5, 5.41) is 11.6. The van der Waals surface area contributed by atoms with Gasteiger partial charge in [-0.2, -0.15) is 0 Å². The first-order valence-corrected chi connectivity index (χ1v) is 11.9. The first-order chi connectivity index (χ1) is 16.2. The molecule has 178 valence electrons. The summed E-state index contributed by atoms with van der Waals surface area (Å²) in [5.41, 5.74) is 2.36. The zero-order valence-electron chi connectivity index (χ0n) is 19.7. The van der Waals surface area contributed by atoms with E-state index in [0.29, 0.717) is 18.5 Å². The highest BCUT2D eigenvalue weighted by Gasteiger charge is 2.44. The molecule has 0 fully saturated rings. The Hall–Kier alpha value is -3.10. The molecule has 1 atom stereocenters. The van der Waals surface area contributed by atoms with Gasteiger partial charge in [-0.25, -0.2) is 0 Å². The smallest absolute Gasteiger partial charge is 0.290 e. The largest absolute Gasteiger partial charge is 0.503 e. The summed E-state index contributed by atoms with van der Waals surface area (Å²) in [4.78, 5) is 32.3. The van der Waals surface area contributed by atoms with Gasteiger partial charge in [0.15, 0.2) is 11.5 Å². The fraction of sp³-hybridized carbons (Fsp3) is 0.308. The van der Waals surface area contributed by atoms with Crippen LogP contribution >= 0.6 is 15.9 Å². The molecule has 0 bridgehead atoms. The van der Waals surface area contributed by atoms with Crippen molar-refractivity contribution in [1.29, 1.82) is 0 Å². The Labute approximate surface area is 207 Å². The van der Waals surface area contributed by atoms with Gasteiger partial charge in [-0.3, -0.25) is 9.59 Å². The number of carbonyl (C=O) groups excluding carboxylic acids is 2. The van der Waals surface area contributed by atoms with Crippen molar-refractivity contribution >= 4 is 44.3 Å². The summed E-state index contributed by atoms with van der Waals surface area (Å²) < 4.78 is 6.67. The molecular weight excluding hydrogens is 498 g/mol. The molecule has 1 aromatic heterocycles. The number of aliphatic hydroxyl groups excluding tert-OH is 1. The Bertz CT molecular complexity index is 1260. The molecule has 1 aliphatic heterocycles. The zero-order chi connectivity index (χ0) is 24.6. The van der Waals surface area contributed by atoms with Gasteiger partial charge in [0.2, 0.25) is 5.78 Å². The third-order valence-electron chi connectivity index (χ3n) is 5.98. The van der Waals surface area contributed by atoms with E-state index in [2.05, 4.69) is 15.9 Å². The van der Waals surface area contributed by atoms with E-state index in [9.17, 15) is 14.7 Å². The second kappa shape index (κ2) is 9.64. The zero-order valence-corrected chi connectivity index (χ0v) is 21.3. The lowest BCUT2D eigenvalue weighted by Gasteiger charge is -2.27. The number of Topliss-reactive ketones (excluding diaryl/α,β-unsaturated/α-hetero) is 1. The molecule has 4 rings (SSSR count). The average Bonchev–Trinajstić information content (AvgIpc) is 3.32. The lowest BCUT2D eigenvalue weighted by molar-refractivity contribution is -0.129. The van der Waals surface area contributed by atoms with Crippen LogP contribution in [0.4, 0.5) is 5.69 Å². The normalized spacial score (nSPS) is 16.2. The minimum Gasteiger partial charge on any atom is -0.503 e. The molecule has 0 spiro atoms. The number of hydrogen-bond donors (Lipinski definition) is 1. The minimum atomic E-state index is -0.696. The molecule has 0 saturated heterocycles. The number of benzene rings is 2. The molecule has 1 aliphatic rings. The maximum absolute atomic E-state index is 13.6. The van der Waals surface area contributed by atoms with Gasteiger partial charge >= 0.3 is 0 Å². The third kappa shape index (κ3) is 4.60. The van der Waals surface area contributed by atoms with Crippen molar-refractivity contribution in [2.45, 2.75) is 12.5 Å². The van der Waals surface area contributed by atoms with Gasteiger partial charge in [0.05, 0.1) is 11.6 Å². The van der Waals surface area contributed by atoms with Crippen molar-refractivity contribution in [2.75, 3.05) is 46.2 Å². The Morgan fingerprint density at radius 2 is 1.79 bits per heavy atom. The molecule has 0 saturated carbocycles. The number of carbonyl (C=O) groups is 2. The van der Waals surface area contributed by atoms with Gasteiger partial charge in [-0.05, 0) is 69.0 Å². The van der Waals surface area contributed by atoms with Crippen molar-refractivity contribution in [2.24, 2.45) is 0 Å². The van der Waals surface area contributed by atoms with Crippen molar-refractivity contribution < 1.29 is 19.1 Å². The summed E-state index contributed by atoms with van der Waals surface area (Å²) in [6.45, 7) is 1.18. The van der Waals surface area contributed by atoms with Crippen LogP contribution in [0, 0.1) is 0 Å².